The summed E-state index contributed by atoms with van der Waals surface area (Å²) in [5.41, 5.74) is 4.27. The first kappa shape index (κ1) is 14.4. The number of carbonyl (C=O) groups excluding carboxylic acids is 2. The van der Waals surface area contributed by atoms with Gasteiger partial charge in [0.15, 0.2) is 0 Å². The van der Waals surface area contributed by atoms with Crippen LogP contribution in [0.15, 0.2) is 12.1 Å². The molecule has 0 unspecified atom stereocenters. The molecule has 0 aromatic heterocycles. The lowest BCUT2D eigenvalue weighted by Crippen LogP contribution is -2.43. The van der Waals surface area contributed by atoms with Crippen molar-refractivity contribution in [3.05, 3.63) is 29.3 Å². The van der Waals surface area contributed by atoms with Crippen molar-refractivity contribution >= 4 is 17.5 Å². The molecule has 7 heteroatoms. The van der Waals surface area contributed by atoms with Gasteiger partial charge >= 0.3 is 0 Å². The zero-order valence-corrected chi connectivity index (χ0v) is 10.7. The van der Waals surface area contributed by atoms with Gasteiger partial charge in [-0.25, -0.2) is 8.78 Å². The van der Waals surface area contributed by atoms with Crippen molar-refractivity contribution in [1.29, 1.82) is 0 Å². The number of anilines is 1. The molecule has 1 heterocycles. The van der Waals surface area contributed by atoms with E-state index in [-0.39, 0.29) is 5.69 Å². The van der Waals surface area contributed by atoms with Gasteiger partial charge in [-0.3, -0.25) is 9.59 Å². The van der Waals surface area contributed by atoms with Gasteiger partial charge in [0, 0.05) is 6.07 Å². The first-order valence-electron chi connectivity index (χ1n) is 6.32. The van der Waals surface area contributed by atoms with E-state index in [0.29, 0.717) is 12.5 Å². The standard InChI is InChI=1S/C13H15F2N3O2/c14-8-6-9(15)11(5-7(8)12(16)19)18-13(20)10-3-1-2-4-17-10/h5-6,10,17H,1-4H2,(H2,16,19)(H,18,20)/t10-/m1/s1. The number of nitrogens with one attached hydrogen (secondary N) is 2. The number of amides is 2. The van der Waals surface area contributed by atoms with E-state index in [1.54, 1.807) is 0 Å². The minimum Gasteiger partial charge on any atom is -0.366 e. The molecule has 0 aliphatic carbocycles. The maximum absolute atomic E-state index is 13.6. The highest BCUT2D eigenvalue weighted by atomic mass is 19.1. The number of hydrogen-bond acceptors (Lipinski definition) is 3. The summed E-state index contributed by atoms with van der Waals surface area (Å²) in [6, 6.07) is 1.03. The van der Waals surface area contributed by atoms with Crippen LogP contribution in [0.1, 0.15) is 29.6 Å². The highest BCUT2D eigenvalue weighted by Gasteiger charge is 2.22. The molecule has 1 aromatic carbocycles. The molecule has 1 aromatic rings. The van der Waals surface area contributed by atoms with Gasteiger partial charge in [-0.1, -0.05) is 6.42 Å². The Hall–Kier alpha value is -2.02. The van der Waals surface area contributed by atoms with Crippen LogP contribution in [0.4, 0.5) is 14.5 Å². The molecule has 1 aliphatic rings. The molecule has 2 amide bonds. The first-order chi connectivity index (χ1) is 9.49. The Morgan fingerprint density at radius 1 is 1.25 bits per heavy atom. The number of piperidine rings is 1. The molecule has 0 bridgehead atoms. The summed E-state index contributed by atoms with van der Waals surface area (Å²) in [5, 5.41) is 5.36. The van der Waals surface area contributed by atoms with Crippen molar-refractivity contribution < 1.29 is 18.4 Å². The summed E-state index contributed by atoms with van der Waals surface area (Å²) in [6.45, 7) is 0.719. The van der Waals surface area contributed by atoms with Crippen LogP contribution >= 0.6 is 0 Å². The molecule has 5 nitrogen and oxygen atoms in total. The second-order valence-corrected chi connectivity index (χ2v) is 4.67. The molecule has 0 saturated carbocycles. The van der Waals surface area contributed by atoms with E-state index in [4.69, 9.17) is 5.73 Å². The predicted octanol–water partition coefficient (Wildman–Crippen LogP) is 1.14. The van der Waals surface area contributed by atoms with Crippen molar-refractivity contribution in [2.75, 3.05) is 11.9 Å². The fourth-order valence-electron chi connectivity index (χ4n) is 2.13. The molecule has 108 valence electrons. The monoisotopic (exact) mass is 283 g/mol. The zero-order chi connectivity index (χ0) is 14.7. The summed E-state index contributed by atoms with van der Waals surface area (Å²) < 4.78 is 26.9. The van der Waals surface area contributed by atoms with Crippen molar-refractivity contribution in [3.63, 3.8) is 0 Å². The van der Waals surface area contributed by atoms with Gasteiger partial charge in [-0.05, 0) is 25.5 Å². The van der Waals surface area contributed by atoms with Crippen LogP contribution in [0.3, 0.4) is 0 Å². The van der Waals surface area contributed by atoms with E-state index in [2.05, 4.69) is 10.6 Å². The Balaban J connectivity index is 2.18. The maximum atomic E-state index is 13.6. The topological polar surface area (TPSA) is 84.2 Å². The molecular formula is C13H15F2N3O2. The van der Waals surface area contributed by atoms with Crippen molar-refractivity contribution in [2.45, 2.75) is 25.3 Å². The summed E-state index contributed by atoms with van der Waals surface area (Å²) >= 11 is 0. The lowest BCUT2D eigenvalue weighted by molar-refractivity contribution is -0.118. The molecule has 1 saturated heterocycles. The number of hydrogen-bond donors (Lipinski definition) is 3. The lowest BCUT2D eigenvalue weighted by Gasteiger charge is -2.22. The zero-order valence-electron chi connectivity index (χ0n) is 10.7. The van der Waals surface area contributed by atoms with Crippen molar-refractivity contribution in [2.24, 2.45) is 5.73 Å². The van der Waals surface area contributed by atoms with Crippen LogP contribution in [0, 0.1) is 11.6 Å². The normalized spacial score (nSPS) is 18.6. The number of nitrogens with two attached hydrogens (primary N) is 1. The van der Waals surface area contributed by atoms with Gasteiger partial charge in [0.25, 0.3) is 5.91 Å². The van der Waals surface area contributed by atoms with Crippen molar-refractivity contribution in [3.8, 4) is 0 Å². The third-order valence-corrected chi connectivity index (χ3v) is 3.21. The summed E-state index contributed by atoms with van der Waals surface area (Å²) in [5.74, 6) is -3.43. The van der Waals surface area contributed by atoms with E-state index in [9.17, 15) is 18.4 Å². The summed E-state index contributed by atoms with van der Waals surface area (Å²) in [6.07, 6.45) is 2.54. The molecule has 0 spiro atoms. The van der Waals surface area contributed by atoms with Gasteiger partial charge in [0.05, 0.1) is 17.3 Å². The molecule has 0 radical (unpaired) electrons. The van der Waals surface area contributed by atoms with Crippen LogP contribution in [-0.4, -0.2) is 24.4 Å². The summed E-state index contributed by atoms with van der Waals surface area (Å²) in [7, 11) is 0. The Labute approximate surface area is 114 Å². The van der Waals surface area contributed by atoms with Crippen molar-refractivity contribution in [1.82, 2.24) is 5.32 Å². The Morgan fingerprint density at radius 2 is 2.00 bits per heavy atom. The maximum Gasteiger partial charge on any atom is 0.251 e. The Kier molecular flexibility index (Phi) is 4.29. The molecule has 20 heavy (non-hydrogen) atoms. The van der Waals surface area contributed by atoms with Crippen LogP contribution < -0.4 is 16.4 Å². The number of primary amides is 1. The van der Waals surface area contributed by atoms with Crippen LogP contribution in [0.2, 0.25) is 0 Å². The number of halogens is 2. The number of rotatable bonds is 3. The quantitative estimate of drug-likeness (QED) is 0.778. The SMILES string of the molecule is NC(=O)c1cc(NC(=O)[C@H]2CCCCN2)c(F)cc1F. The molecule has 2 rings (SSSR count). The van der Waals surface area contributed by atoms with Gasteiger partial charge in [0.2, 0.25) is 5.91 Å². The van der Waals surface area contributed by atoms with Gasteiger partial charge in [0.1, 0.15) is 11.6 Å². The molecule has 1 fully saturated rings. The van der Waals surface area contributed by atoms with Gasteiger partial charge in [-0.15, -0.1) is 0 Å². The van der Waals surface area contributed by atoms with E-state index >= 15 is 0 Å². The molecule has 4 N–H and O–H groups in total. The fourth-order valence-corrected chi connectivity index (χ4v) is 2.13. The van der Waals surface area contributed by atoms with Crippen LogP contribution in [0.25, 0.3) is 0 Å². The summed E-state index contributed by atoms with van der Waals surface area (Å²) in [4.78, 5) is 22.9. The number of carbonyl (C=O) groups is 2. The minimum absolute atomic E-state index is 0.252. The average molecular weight is 283 g/mol. The highest BCUT2D eigenvalue weighted by molar-refractivity contribution is 5.98. The van der Waals surface area contributed by atoms with E-state index < -0.39 is 35.1 Å². The third-order valence-electron chi connectivity index (χ3n) is 3.21. The van der Waals surface area contributed by atoms with E-state index in [1.165, 1.54) is 0 Å². The van der Waals surface area contributed by atoms with Gasteiger partial charge in [-0.2, -0.15) is 0 Å². The third kappa shape index (κ3) is 3.11. The highest BCUT2D eigenvalue weighted by Crippen LogP contribution is 2.20. The van der Waals surface area contributed by atoms with E-state index in [1.807, 2.05) is 0 Å². The fraction of sp³-hybridized carbons (Fsp3) is 0.385. The smallest absolute Gasteiger partial charge is 0.251 e. The Bertz CT molecular complexity index is 543. The van der Waals surface area contributed by atoms with Crippen LogP contribution in [0.5, 0.6) is 0 Å². The largest absolute Gasteiger partial charge is 0.366 e. The second kappa shape index (κ2) is 5.96. The van der Waals surface area contributed by atoms with Crippen LogP contribution in [-0.2, 0) is 4.79 Å². The number of benzene rings is 1. The second-order valence-electron chi connectivity index (χ2n) is 4.67. The predicted molar refractivity (Wildman–Crippen MR) is 69.1 cm³/mol. The van der Waals surface area contributed by atoms with Gasteiger partial charge < -0.3 is 16.4 Å². The molecule has 1 aliphatic heterocycles. The minimum atomic E-state index is -1.05. The molecular weight excluding hydrogens is 268 g/mol. The lowest BCUT2D eigenvalue weighted by atomic mass is 10.0. The first-order valence-corrected chi connectivity index (χ1v) is 6.32. The van der Waals surface area contributed by atoms with E-state index in [0.717, 1.165) is 25.5 Å². The molecule has 1 atom stereocenters. The Morgan fingerprint density at radius 3 is 2.60 bits per heavy atom. The average Bonchev–Trinajstić information content (AvgIpc) is 2.42.